The molecule has 6 nitrogen and oxygen atoms in total. The fourth-order valence-corrected chi connectivity index (χ4v) is 1.83. The summed E-state index contributed by atoms with van der Waals surface area (Å²) in [6.45, 7) is 2.80. The highest BCUT2D eigenvalue weighted by atomic mass is 16.4. The first kappa shape index (κ1) is 10.1. The van der Waals surface area contributed by atoms with Gasteiger partial charge in [-0.05, 0) is 31.8 Å². The third-order valence-electron chi connectivity index (χ3n) is 2.60. The normalized spacial score (nSPS) is 21.5. The van der Waals surface area contributed by atoms with Gasteiger partial charge in [0.05, 0.1) is 6.20 Å². The van der Waals surface area contributed by atoms with Gasteiger partial charge in [-0.2, -0.15) is 0 Å². The lowest BCUT2D eigenvalue weighted by Gasteiger charge is -2.22. The summed E-state index contributed by atoms with van der Waals surface area (Å²) in [5.74, 6) is -0.495. The minimum absolute atomic E-state index is 0.0127. The van der Waals surface area contributed by atoms with Crippen molar-refractivity contribution in [3.63, 3.8) is 0 Å². The number of hydrogen-bond acceptors (Lipinski definition) is 4. The van der Waals surface area contributed by atoms with Gasteiger partial charge in [0, 0.05) is 6.54 Å². The quantitative estimate of drug-likeness (QED) is 0.732. The van der Waals surface area contributed by atoms with E-state index in [4.69, 9.17) is 5.11 Å². The molecule has 1 fully saturated rings. The van der Waals surface area contributed by atoms with E-state index in [1.165, 1.54) is 12.6 Å². The van der Waals surface area contributed by atoms with Crippen LogP contribution in [-0.2, 0) is 6.54 Å². The van der Waals surface area contributed by atoms with Crippen LogP contribution >= 0.6 is 0 Å². The van der Waals surface area contributed by atoms with Crippen LogP contribution in [0.5, 0.6) is 0 Å². The van der Waals surface area contributed by atoms with Gasteiger partial charge in [-0.3, -0.25) is 4.68 Å². The minimum Gasteiger partial charge on any atom is -0.476 e. The summed E-state index contributed by atoms with van der Waals surface area (Å²) in [7, 11) is 0. The summed E-state index contributed by atoms with van der Waals surface area (Å²) in [6, 6.07) is 0. The molecule has 1 aromatic heterocycles. The van der Waals surface area contributed by atoms with Crippen molar-refractivity contribution in [2.75, 3.05) is 13.1 Å². The second-order valence-corrected chi connectivity index (χ2v) is 3.84. The van der Waals surface area contributed by atoms with Crippen LogP contribution in [0.25, 0.3) is 0 Å². The fourth-order valence-electron chi connectivity index (χ4n) is 1.83. The monoisotopic (exact) mass is 210 g/mol. The standard InChI is InChI=1S/C9H14N4O2/c14-9(15)8-6-13(12-11-8)5-7-2-1-3-10-4-7/h6-7,10H,1-5H2,(H,14,15). The minimum atomic E-state index is -1.02. The second-order valence-electron chi connectivity index (χ2n) is 3.84. The zero-order valence-corrected chi connectivity index (χ0v) is 8.39. The molecule has 1 atom stereocenters. The number of aromatic carboxylic acids is 1. The van der Waals surface area contributed by atoms with Crippen molar-refractivity contribution in [2.45, 2.75) is 19.4 Å². The van der Waals surface area contributed by atoms with Crippen molar-refractivity contribution in [3.8, 4) is 0 Å². The van der Waals surface area contributed by atoms with Gasteiger partial charge in [0.2, 0.25) is 0 Å². The number of piperidine rings is 1. The van der Waals surface area contributed by atoms with Gasteiger partial charge in [0.1, 0.15) is 0 Å². The van der Waals surface area contributed by atoms with Crippen LogP contribution in [0.4, 0.5) is 0 Å². The first-order chi connectivity index (χ1) is 7.25. The van der Waals surface area contributed by atoms with Gasteiger partial charge in [-0.1, -0.05) is 5.21 Å². The van der Waals surface area contributed by atoms with Crippen molar-refractivity contribution < 1.29 is 9.90 Å². The van der Waals surface area contributed by atoms with E-state index in [1.54, 1.807) is 4.68 Å². The maximum Gasteiger partial charge on any atom is 0.358 e. The molecule has 1 aliphatic rings. The highest BCUT2D eigenvalue weighted by molar-refractivity contribution is 5.84. The lowest BCUT2D eigenvalue weighted by molar-refractivity contribution is 0.0690. The van der Waals surface area contributed by atoms with Crippen LogP contribution in [0, 0.1) is 5.92 Å². The largest absolute Gasteiger partial charge is 0.476 e. The van der Waals surface area contributed by atoms with Crippen LogP contribution in [0.2, 0.25) is 0 Å². The maximum atomic E-state index is 10.6. The Labute approximate surface area is 87.3 Å². The Bertz CT molecular complexity index is 344. The zero-order chi connectivity index (χ0) is 10.7. The van der Waals surface area contributed by atoms with Gasteiger partial charge in [0.15, 0.2) is 5.69 Å². The van der Waals surface area contributed by atoms with Crippen LogP contribution < -0.4 is 5.32 Å². The summed E-state index contributed by atoms with van der Waals surface area (Å²) in [4.78, 5) is 10.6. The van der Waals surface area contributed by atoms with E-state index in [1.807, 2.05) is 0 Å². The van der Waals surface area contributed by atoms with Gasteiger partial charge < -0.3 is 10.4 Å². The van der Waals surface area contributed by atoms with Crippen molar-refractivity contribution in [1.29, 1.82) is 0 Å². The molecule has 1 aromatic rings. The lowest BCUT2D eigenvalue weighted by atomic mass is 10.00. The molecule has 82 valence electrons. The van der Waals surface area contributed by atoms with Gasteiger partial charge >= 0.3 is 5.97 Å². The highest BCUT2D eigenvalue weighted by Gasteiger charge is 2.15. The second kappa shape index (κ2) is 4.39. The molecular weight excluding hydrogens is 196 g/mol. The SMILES string of the molecule is O=C(O)c1cn(CC2CCCNC2)nn1. The molecule has 0 spiro atoms. The van der Waals surface area contributed by atoms with Crippen molar-refractivity contribution in [1.82, 2.24) is 20.3 Å². The predicted molar refractivity (Wildman–Crippen MR) is 52.6 cm³/mol. The van der Waals surface area contributed by atoms with Gasteiger partial charge in [-0.25, -0.2) is 4.79 Å². The number of carbonyl (C=O) groups is 1. The number of carboxylic acids is 1. The fraction of sp³-hybridized carbons (Fsp3) is 0.667. The first-order valence-electron chi connectivity index (χ1n) is 5.10. The van der Waals surface area contributed by atoms with Crippen molar-refractivity contribution in [3.05, 3.63) is 11.9 Å². The number of nitrogens with one attached hydrogen (secondary N) is 1. The third kappa shape index (κ3) is 2.53. The first-order valence-corrected chi connectivity index (χ1v) is 5.10. The molecule has 15 heavy (non-hydrogen) atoms. The van der Waals surface area contributed by atoms with E-state index in [2.05, 4.69) is 15.6 Å². The van der Waals surface area contributed by atoms with Crippen molar-refractivity contribution >= 4 is 5.97 Å². The van der Waals surface area contributed by atoms with E-state index >= 15 is 0 Å². The van der Waals surface area contributed by atoms with E-state index < -0.39 is 5.97 Å². The smallest absolute Gasteiger partial charge is 0.358 e. The number of carboxylic acid groups (broad SMARTS) is 1. The third-order valence-corrected chi connectivity index (χ3v) is 2.60. The molecule has 2 N–H and O–H groups in total. The predicted octanol–water partition coefficient (Wildman–Crippen LogP) is -0.0241. The van der Waals surface area contributed by atoms with Crippen LogP contribution in [0.15, 0.2) is 6.20 Å². The van der Waals surface area contributed by atoms with E-state index in [0.29, 0.717) is 5.92 Å². The highest BCUT2D eigenvalue weighted by Crippen LogP contribution is 2.11. The molecular formula is C9H14N4O2. The molecule has 1 unspecified atom stereocenters. The Morgan fingerprint density at radius 3 is 3.20 bits per heavy atom. The Morgan fingerprint density at radius 1 is 1.73 bits per heavy atom. The number of nitrogens with zero attached hydrogens (tertiary/aromatic N) is 3. The molecule has 0 saturated carbocycles. The average Bonchev–Trinajstić information content (AvgIpc) is 2.68. The Balaban J connectivity index is 1.94. The zero-order valence-electron chi connectivity index (χ0n) is 8.39. The molecule has 1 aliphatic heterocycles. The van der Waals surface area contributed by atoms with Crippen LogP contribution in [0.1, 0.15) is 23.3 Å². The summed E-state index contributed by atoms with van der Waals surface area (Å²) in [5, 5.41) is 19.3. The topological polar surface area (TPSA) is 80.0 Å². The Morgan fingerprint density at radius 2 is 2.60 bits per heavy atom. The molecule has 0 bridgehead atoms. The van der Waals surface area contributed by atoms with E-state index in [9.17, 15) is 4.79 Å². The van der Waals surface area contributed by atoms with E-state index in [0.717, 1.165) is 26.1 Å². The van der Waals surface area contributed by atoms with Crippen LogP contribution in [0.3, 0.4) is 0 Å². The summed E-state index contributed by atoms with van der Waals surface area (Å²) >= 11 is 0. The number of hydrogen-bond donors (Lipinski definition) is 2. The average molecular weight is 210 g/mol. The summed E-state index contributed by atoms with van der Waals surface area (Å²) < 4.78 is 1.61. The molecule has 6 heteroatoms. The molecule has 0 radical (unpaired) electrons. The van der Waals surface area contributed by atoms with Gasteiger partial charge in [0.25, 0.3) is 0 Å². The Kier molecular flexibility index (Phi) is 2.96. The number of rotatable bonds is 3. The van der Waals surface area contributed by atoms with Crippen molar-refractivity contribution in [2.24, 2.45) is 5.92 Å². The number of aromatic nitrogens is 3. The molecule has 2 heterocycles. The molecule has 2 rings (SSSR count). The molecule has 0 aliphatic carbocycles. The molecule has 1 saturated heterocycles. The summed E-state index contributed by atoms with van der Waals surface area (Å²) in [5.41, 5.74) is 0.0127. The van der Waals surface area contributed by atoms with Gasteiger partial charge in [-0.15, -0.1) is 5.10 Å². The Hall–Kier alpha value is -1.43. The maximum absolute atomic E-state index is 10.6. The molecule has 0 amide bonds. The van der Waals surface area contributed by atoms with Crippen LogP contribution in [-0.4, -0.2) is 39.2 Å². The summed E-state index contributed by atoms with van der Waals surface area (Å²) in [6.07, 6.45) is 3.82. The molecule has 0 aromatic carbocycles. The lowest BCUT2D eigenvalue weighted by Crippen LogP contribution is -2.32. The van der Waals surface area contributed by atoms with E-state index in [-0.39, 0.29) is 5.69 Å².